The van der Waals surface area contributed by atoms with E-state index in [0.717, 1.165) is 43.9 Å². The Balaban J connectivity index is 2.43. The maximum Gasteiger partial charge on any atom is 0.421 e. The van der Waals surface area contributed by atoms with Gasteiger partial charge in [0.1, 0.15) is 5.56 Å². The van der Waals surface area contributed by atoms with Gasteiger partial charge in [-0.3, -0.25) is 0 Å². The first-order chi connectivity index (χ1) is 12.9. The van der Waals surface area contributed by atoms with E-state index in [4.69, 9.17) is 4.74 Å². The van der Waals surface area contributed by atoms with Crippen LogP contribution in [0.1, 0.15) is 50.7 Å². The summed E-state index contributed by atoms with van der Waals surface area (Å²) in [6.45, 7) is 4.46. The summed E-state index contributed by atoms with van der Waals surface area (Å²) in [6.07, 6.45) is 0.719. The van der Waals surface area contributed by atoms with Crippen LogP contribution >= 0.6 is 0 Å². The molecule has 0 radical (unpaired) electrons. The van der Waals surface area contributed by atoms with Crippen LogP contribution in [-0.2, 0) is 12.6 Å². The van der Waals surface area contributed by atoms with Crippen LogP contribution in [0.5, 0.6) is 6.01 Å². The van der Waals surface area contributed by atoms with Crippen LogP contribution in [0.3, 0.4) is 0 Å². The van der Waals surface area contributed by atoms with Gasteiger partial charge in [0.2, 0.25) is 0 Å². The second kappa shape index (κ2) is 9.58. The summed E-state index contributed by atoms with van der Waals surface area (Å²) in [7, 11) is 1.60. The number of rotatable bonds is 9. The van der Waals surface area contributed by atoms with Crippen LogP contribution in [0.15, 0.2) is 30.5 Å². The second-order valence-corrected chi connectivity index (χ2v) is 6.38. The summed E-state index contributed by atoms with van der Waals surface area (Å²) < 4.78 is 46.0. The zero-order valence-corrected chi connectivity index (χ0v) is 16.0. The van der Waals surface area contributed by atoms with Crippen molar-refractivity contribution in [1.82, 2.24) is 9.97 Å². The maximum atomic E-state index is 13.5. The molecule has 0 unspecified atom stereocenters. The van der Waals surface area contributed by atoms with Crippen LogP contribution in [0.4, 0.5) is 24.7 Å². The van der Waals surface area contributed by atoms with Crippen molar-refractivity contribution in [2.45, 2.75) is 52.1 Å². The summed E-state index contributed by atoms with van der Waals surface area (Å²) in [5.41, 5.74) is 0.815. The number of aryl methyl sites for hydroxylation is 1. The molecule has 27 heavy (non-hydrogen) atoms. The number of aromatic nitrogens is 2. The van der Waals surface area contributed by atoms with Crippen molar-refractivity contribution in [3.8, 4) is 6.01 Å². The number of para-hydroxylation sites is 1. The molecule has 2 aromatic rings. The number of ether oxygens (including phenoxy) is 1. The van der Waals surface area contributed by atoms with E-state index < -0.39 is 11.7 Å². The van der Waals surface area contributed by atoms with Crippen molar-refractivity contribution in [3.63, 3.8) is 0 Å². The Morgan fingerprint density at radius 2 is 1.78 bits per heavy atom. The SMILES string of the molecule is CCCCOc1ncc(C(F)(F)F)c(N(C)c2ccccc2CCCC)n1. The van der Waals surface area contributed by atoms with Crippen LogP contribution < -0.4 is 9.64 Å². The van der Waals surface area contributed by atoms with Gasteiger partial charge >= 0.3 is 12.2 Å². The lowest BCUT2D eigenvalue weighted by Crippen LogP contribution is -2.20. The third kappa shape index (κ3) is 5.58. The molecule has 0 N–H and O–H groups in total. The molecule has 0 amide bonds. The number of hydrogen-bond acceptors (Lipinski definition) is 4. The summed E-state index contributed by atoms with van der Waals surface area (Å²) in [5.74, 6) is -0.201. The van der Waals surface area contributed by atoms with Gasteiger partial charge in [-0.1, -0.05) is 44.9 Å². The average molecular weight is 381 g/mol. The van der Waals surface area contributed by atoms with Gasteiger partial charge in [0.05, 0.1) is 6.61 Å². The van der Waals surface area contributed by atoms with Crippen LogP contribution in [0.25, 0.3) is 0 Å². The minimum atomic E-state index is -4.55. The predicted octanol–water partition coefficient (Wildman–Crippen LogP) is 5.78. The molecule has 0 fully saturated rings. The van der Waals surface area contributed by atoms with Gasteiger partial charge in [-0.15, -0.1) is 0 Å². The molecular formula is C20H26F3N3O. The van der Waals surface area contributed by atoms with Gasteiger partial charge in [-0.25, -0.2) is 4.98 Å². The molecule has 0 spiro atoms. The molecule has 0 bridgehead atoms. The Bertz CT molecular complexity index is 735. The fraction of sp³-hybridized carbons (Fsp3) is 0.500. The second-order valence-electron chi connectivity index (χ2n) is 6.38. The maximum absolute atomic E-state index is 13.5. The normalized spacial score (nSPS) is 11.5. The summed E-state index contributed by atoms with van der Waals surface area (Å²) in [6, 6.07) is 7.42. The van der Waals surface area contributed by atoms with E-state index in [-0.39, 0.29) is 11.8 Å². The first kappa shape index (κ1) is 21.0. The summed E-state index contributed by atoms with van der Waals surface area (Å²) in [5, 5.41) is 0. The van der Waals surface area contributed by atoms with Gasteiger partial charge < -0.3 is 9.64 Å². The van der Waals surface area contributed by atoms with Crippen molar-refractivity contribution < 1.29 is 17.9 Å². The van der Waals surface area contributed by atoms with Crippen molar-refractivity contribution in [3.05, 3.63) is 41.6 Å². The van der Waals surface area contributed by atoms with Crippen LogP contribution in [0.2, 0.25) is 0 Å². The molecule has 0 aliphatic heterocycles. The van der Waals surface area contributed by atoms with Crippen LogP contribution in [0, 0.1) is 0 Å². The van der Waals surface area contributed by atoms with Crippen molar-refractivity contribution >= 4 is 11.5 Å². The number of unbranched alkanes of at least 4 members (excludes halogenated alkanes) is 2. The number of alkyl halides is 3. The molecule has 1 aromatic carbocycles. The lowest BCUT2D eigenvalue weighted by molar-refractivity contribution is -0.137. The third-order valence-electron chi connectivity index (χ3n) is 4.25. The smallest absolute Gasteiger partial charge is 0.421 e. The summed E-state index contributed by atoms with van der Waals surface area (Å²) >= 11 is 0. The van der Waals surface area contributed by atoms with E-state index in [9.17, 15) is 13.2 Å². The van der Waals surface area contributed by atoms with E-state index in [1.54, 1.807) is 7.05 Å². The van der Waals surface area contributed by atoms with E-state index in [1.165, 1.54) is 4.90 Å². The van der Waals surface area contributed by atoms with Gasteiger partial charge in [0.25, 0.3) is 0 Å². The van der Waals surface area contributed by atoms with E-state index >= 15 is 0 Å². The van der Waals surface area contributed by atoms with Gasteiger partial charge in [0.15, 0.2) is 5.82 Å². The Morgan fingerprint density at radius 3 is 2.44 bits per heavy atom. The molecule has 0 aliphatic rings. The fourth-order valence-electron chi connectivity index (χ4n) is 2.72. The number of nitrogens with zero attached hydrogens (tertiary/aromatic N) is 3. The van der Waals surface area contributed by atoms with Gasteiger partial charge in [-0.2, -0.15) is 18.2 Å². The third-order valence-corrected chi connectivity index (χ3v) is 4.25. The first-order valence-corrected chi connectivity index (χ1v) is 9.27. The molecule has 2 rings (SSSR count). The number of hydrogen-bond donors (Lipinski definition) is 0. The van der Waals surface area contributed by atoms with Gasteiger partial charge in [-0.05, 0) is 30.9 Å². The molecule has 7 heteroatoms. The molecule has 0 aliphatic carbocycles. The van der Waals surface area contributed by atoms with Gasteiger partial charge in [0, 0.05) is 18.9 Å². The van der Waals surface area contributed by atoms with Crippen molar-refractivity contribution in [1.29, 1.82) is 0 Å². The monoisotopic (exact) mass is 381 g/mol. The van der Waals surface area contributed by atoms with E-state index in [2.05, 4.69) is 16.9 Å². The fourth-order valence-corrected chi connectivity index (χ4v) is 2.72. The molecule has 0 atom stereocenters. The predicted molar refractivity (Wildman–Crippen MR) is 101 cm³/mol. The largest absolute Gasteiger partial charge is 0.463 e. The zero-order valence-electron chi connectivity index (χ0n) is 16.0. The average Bonchev–Trinajstić information content (AvgIpc) is 2.65. The van der Waals surface area contributed by atoms with Crippen molar-refractivity contribution in [2.24, 2.45) is 0 Å². The minimum absolute atomic E-state index is 0.0376. The molecule has 4 nitrogen and oxygen atoms in total. The first-order valence-electron chi connectivity index (χ1n) is 9.27. The highest BCUT2D eigenvalue weighted by Crippen LogP contribution is 2.38. The molecule has 148 valence electrons. The van der Waals surface area contributed by atoms with E-state index in [0.29, 0.717) is 12.3 Å². The Hall–Kier alpha value is -2.31. The molecule has 0 saturated heterocycles. The Kier molecular flexibility index (Phi) is 7.45. The number of anilines is 2. The minimum Gasteiger partial charge on any atom is -0.463 e. The highest BCUT2D eigenvalue weighted by Gasteiger charge is 2.37. The van der Waals surface area contributed by atoms with Crippen molar-refractivity contribution in [2.75, 3.05) is 18.6 Å². The number of benzene rings is 1. The highest BCUT2D eigenvalue weighted by atomic mass is 19.4. The van der Waals surface area contributed by atoms with Crippen LogP contribution in [-0.4, -0.2) is 23.6 Å². The molecular weight excluding hydrogens is 355 g/mol. The Morgan fingerprint density at radius 1 is 1.07 bits per heavy atom. The van der Waals surface area contributed by atoms with E-state index in [1.807, 2.05) is 31.2 Å². The number of halogens is 3. The molecule has 1 heterocycles. The Labute approximate surface area is 158 Å². The lowest BCUT2D eigenvalue weighted by Gasteiger charge is -2.25. The zero-order chi connectivity index (χ0) is 19.9. The standard InChI is InChI=1S/C20H26F3N3O/c1-4-6-10-15-11-8-9-12-17(15)26(3)18-16(20(21,22)23)14-24-19(25-18)27-13-7-5-2/h8-9,11-12,14H,4-7,10,13H2,1-3H3. The lowest BCUT2D eigenvalue weighted by atomic mass is 10.1. The molecule has 1 aromatic heterocycles. The topological polar surface area (TPSA) is 38.2 Å². The highest BCUT2D eigenvalue weighted by molar-refractivity contribution is 5.66. The molecule has 0 saturated carbocycles. The quantitative estimate of drug-likeness (QED) is 0.516. The summed E-state index contributed by atoms with van der Waals surface area (Å²) in [4.78, 5) is 9.30.